The summed E-state index contributed by atoms with van der Waals surface area (Å²) in [7, 11) is 0. The van der Waals surface area contributed by atoms with Crippen molar-refractivity contribution in [3.05, 3.63) is 40.9 Å². The van der Waals surface area contributed by atoms with Gasteiger partial charge in [-0.3, -0.25) is 14.5 Å². The number of thiazole rings is 1. The van der Waals surface area contributed by atoms with Crippen molar-refractivity contribution in [3.8, 4) is 5.75 Å². The van der Waals surface area contributed by atoms with Crippen molar-refractivity contribution in [1.82, 2.24) is 14.8 Å². The Labute approximate surface area is 179 Å². The average molecular weight is 435 g/mol. The fourth-order valence-electron chi connectivity index (χ4n) is 3.03. The maximum Gasteiger partial charge on any atom is 0.233 e. The number of aryl methyl sites for hydroxylation is 1. The van der Waals surface area contributed by atoms with Crippen LogP contribution in [0.1, 0.15) is 10.6 Å². The fraction of sp³-hybridized carbons (Fsp3) is 0.450. The van der Waals surface area contributed by atoms with Crippen molar-refractivity contribution >= 4 is 34.9 Å². The summed E-state index contributed by atoms with van der Waals surface area (Å²) in [6.45, 7) is 6.53. The summed E-state index contributed by atoms with van der Waals surface area (Å²) in [6.07, 6.45) is 0.202. The lowest BCUT2D eigenvalue weighted by Crippen LogP contribution is -2.50. The van der Waals surface area contributed by atoms with E-state index in [4.69, 9.17) is 10.5 Å². The van der Waals surface area contributed by atoms with Gasteiger partial charge in [0, 0.05) is 37.6 Å². The number of amides is 2. The number of aromatic nitrogens is 1. The van der Waals surface area contributed by atoms with E-state index in [2.05, 4.69) is 9.88 Å². The Kier molecular flexibility index (Phi) is 7.91. The van der Waals surface area contributed by atoms with Crippen LogP contribution in [0.2, 0.25) is 0 Å². The molecule has 156 valence electrons. The van der Waals surface area contributed by atoms with Gasteiger partial charge in [-0.2, -0.15) is 0 Å². The van der Waals surface area contributed by atoms with Crippen molar-refractivity contribution in [2.24, 2.45) is 5.73 Å². The lowest BCUT2D eigenvalue weighted by molar-refractivity contribution is -0.130. The molecule has 2 heterocycles. The van der Waals surface area contributed by atoms with E-state index in [1.807, 2.05) is 42.2 Å². The third-order valence-corrected chi connectivity index (χ3v) is 6.96. The summed E-state index contributed by atoms with van der Waals surface area (Å²) < 4.78 is 6.56. The van der Waals surface area contributed by atoms with Crippen LogP contribution in [0.5, 0.6) is 5.75 Å². The summed E-state index contributed by atoms with van der Waals surface area (Å²) in [4.78, 5) is 33.1. The van der Waals surface area contributed by atoms with E-state index < -0.39 is 0 Å². The zero-order chi connectivity index (χ0) is 20.6. The number of benzene rings is 1. The number of hydrogen-bond acceptors (Lipinski definition) is 7. The van der Waals surface area contributed by atoms with Crippen LogP contribution in [0.4, 0.5) is 0 Å². The number of nitrogens with two attached hydrogens (primary N) is 1. The molecule has 0 aliphatic carbocycles. The van der Waals surface area contributed by atoms with E-state index in [1.165, 1.54) is 23.1 Å². The van der Waals surface area contributed by atoms with Gasteiger partial charge in [0.2, 0.25) is 11.8 Å². The maximum absolute atomic E-state index is 12.5. The molecule has 9 heteroatoms. The number of para-hydroxylation sites is 1. The smallest absolute Gasteiger partial charge is 0.233 e. The van der Waals surface area contributed by atoms with Crippen molar-refractivity contribution in [2.45, 2.75) is 17.7 Å². The second-order valence-electron chi connectivity index (χ2n) is 6.80. The van der Waals surface area contributed by atoms with Gasteiger partial charge in [0.05, 0.1) is 17.9 Å². The zero-order valence-electron chi connectivity index (χ0n) is 16.5. The van der Waals surface area contributed by atoms with Crippen LogP contribution in [0.3, 0.4) is 0 Å². The van der Waals surface area contributed by atoms with Gasteiger partial charge in [-0.25, -0.2) is 4.98 Å². The molecule has 1 aromatic carbocycles. The van der Waals surface area contributed by atoms with Gasteiger partial charge < -0.3 is 15.4 Å². The molecule has 1 aliphatic rings. The van der Waals surface area contributed by atoms with Crippen molar-refractivity contribution in [1.29, 1.82) is 0 Å². The number of carbonyl (C=O) groups excluding carboxylic acids is 2. The molecule has 2 amide bonds. The Morgan fingerprint density at radius 3 is 2.62 bits per heavy atom. The number of rotatable bonds is 9. The third kappa shape index (κ3) is 6.73. The second kappa shape index (κ2) is 10.6. The van der Waals surface area contributed by atoms with Crippen molar-refractivity contribution in [2.75, 3.05) is 45.1 Å². The van der Waals surface area contributed by atoms with Crippen LogP contribution in [0.15, 0.2) is 34.7 Å². The molecule has 0 spiro atoms. The van der Waals surface area contributed by atoms with Crippen LogP contribution in [0, 0.1) is 6.92 Å². The van der Waals surface area contributed by atoms with Crippen LogP contribution in [-0.4, -0.2) is 71.7 Å². The van der Waals surface area contributed by atoms with Crippen LogP contribution < -0.4 is 10.5 Å². The van der Waals surface area contributed by atoms with Gasteiger partial charge in [0.25, 0.3) is 0 Å². The number of primary amides is 1. The normalized spacial score (nSPS) is 14.7. The summed E-state index contributed by atoms with van der Waals surface area (Å²) >= 11 is 2.87. The molecule has 7 nitrogen and oxygen atoms in total. The number of nitrogens with zero attached hydrogens (tertiary/aromatic N) is 3. The molecule has 2 aromatic rings. The highest BCUT2D eigenvalue weighted by Crippen LogP contribution is 2.27. The van der Waals surface area contributed by atoms with E-state index >= 15 is 0 Å². The Morgan fingerprint density at radius 2 is 1.93 bits per heavy atom. The van der Waals surface area contributed by atoms with Gasteiger partial charge in [0.15, 0.2) is 4.34 Å². The standard InChI is InChI=1S/C20H26N4O3S2/c1-15-17(13-18(21)25)29-20(22-15)28-14-19(26)24-9-7-23(8-10-24)11-12-27-16-5-3-2-4-6-16/h2-6H,7-14H2,1H3,(H2,21,25). The number of piperazine rings is 1. The van der Waals surface area contributed by atoms with E-state index in [-0.39, 0.29) is 18.2 Å². The number of hydrogen-bond donors (Lipinski definition) is 1. The molecule has 0 saturated carbocycles. The summed E-state index contributed by atoms with van der Waals surface area (Å²) in [5, 5.41) is 0. The molecule has 0 unspecified atom stereocenters. The van der Waals surface area contributed by atoms with Crippen LogP contribution >= 0.6 is 23.1 Å². The molecular formula is C20H26N4O3S2. The van der Waals surface area contributed by atoms with E-state index in [0.717, 1.165) is 53.4 Å². The molecule has 1 fully saturated rings. The Balaban J connectivity index is 1.36. The highest BCUT2D eigenvalue weighted by Gasteiger charge is 2.21. The number of carbonyl (C=O) groups is 2. The maximum atomic E-state index is 12.5. The Hall–Kier alpha value is -2.10. The van der Waals surface area contributed by atoms with Crippen LogP contribution in [0.25, 0.3) is 0 Å². The van der Waals surface area contributed by atoms with E-state index in [9.17, 15) is 9.59 Å². The first-order valence-electron chi connectivity index (χ1n) is 9.56. The first-order chi connectivity index (χ1) is 14.0. The molecule has 0 bridgehead atoms. The van der Waals surface area contributed by atoms with Gasteiger partial charge in [-0.1, -0.05) is 30.0 Å². The molecule has 0 radical (unpaired) electrons. The molecule has 3 rings (SSSR count). The zero-order valence-corrected chi connectivity index (χ0v) is 18.1. The lowest BCUT2D eigenvalue weighted by atomic mass is 10.3. The minimum Gasteiger partial charge on any atom is -0.492 e. The summed E-state index contributed by atoms with van der Waals surface area (Å²) in [6, 6.07) is 9.80. The molecular weight excluding hydrogens is 408 g/mol. The molecule has 0 atom stereocenters. The minimum absolute atomic E-state index is 0.125. The van der Waals surface area contributed by atoms with Crippen molar-refractivity contribution < 1.29 is 14.3 Å². The SMILES string of the molecule is Cc1nc(SCC(=O)N2CCN(CCOc3ccccc3)CC2)sc1CC(N)=O. The largest absolute Gasteiger partial charge is 0.492 e. The van der Waals surface area contributed by atoms with Gasteiger partial charge in [-0.05, 0) is 19.1 Å². The molecule has 29 heavy (non-hydrogen) atoms. The lowest BCUT2D eigenvalue weighted by Gasteiger charge is -2.34. The predicted octanol–water partition coefficient (Wildman–Crippen LogP) is 1.79. The van der Waals surface area contributed by atoms with Crippen molar-refractivity contribution in [3.63, 3.8) is 0 Å². The fourth-order valence-corrected chi connectivity index (χ4v) is 5.18. The second-order valence-corrected chi connectivity index (χ2v) is 9.11. The third-order valence-electron chi connectivity index (χ3n) is 4.67. The topological polar surface area (TPSA) is 88.8 Å². The highest BCUT2D eigenvalue weighted by molar-refractivity contribution is 8.01. The van der Waals surface area contributed by atoms with Gasteiger partial charge in [0.1, 0.15) is 12.4 Å². The first kappa shape index (κ1) is 21.6. The summed E-state index contributed by atoms with van der Waals surface area (Å²) in [5.41, 5.74) is 6.07. The predicted molar refractivity (Wildman–Crippen MR) is 115 cm³/mol. The molecule has 1 aliphatic heterocycles. The summed E-state index contributed by atoms with van der Waals surface area (Å²) in [5.74, 6) is 1.01. The molecule has 1 saturated heterocycles. The first-order valence-corrected chi connectivity index (χ1v) is 11.4. The molecule has 2 N–H and O–H groups in total. The number of thioether (sulfide) groups is 1. The quantitative estimate of drug-likeness (QED) is 0.606. The van der Waals surface area contributed by atoms with Crippen LogP contribution in [-0.2, 0) is 16.0 Å². The van der Waals surface area contributed by atoms with E-state index in [0.29, 0.717) is 12.4 Å². The minimum atomic E-state index is -0.364. The molecule has 1 aromatic heterocycles. The monoisotopic (exact) mass is 434 g/mol. The van der Waals surface area contributed by atoms with Gasteiger partial charge >= 0.3 is 0 Å². The Bertz CT molecular complexity index is 820. The Morgan fingerprint density at radius 1 is 1.21 bits per heavy atom. The highest BCUT2D eigenvalue weighted by atomic mass is 32.2. The van der Waals surface area contributed by atoms with E-state index in [1.54, 1.807) is 0 Å². The van der Waals surface area contributed by atoms with Gasteiger partial charge in [-0.15, -0.1) is 11.3 Å². The number of ether oxygens (including phenoxy) is 1. The average Bonchev–Trinajstić information content (AvgIpc) is 3.06.